The van der Waals surface area contributed by atoms with Crippen molar-refractivity contribution in [2.45, 2.75) is 129 Å². The van der Waals surface area contributed by atoms with Crippen molar-refractivity contribution in [2.24, 2.45) is 5.73 Å². The maximum absolute atomic E-state index is 13.5. The molecule has 0 aromatic heterocycles. The minimum absolute atomic E-state index is 0. The molecule has 2 heterocycles. The fraction of sp³-hybridized carbons (Fsp3) is 0.743. The number of nitrogens with one attached hydrogen (secondary N) is 2. The molecule has 0 spiro atoms. The van der Waals surface area contributed by atoms with Crippen LogP contribution in [0.3, 0.4) is 0 Å². The number of amides is 3. The summed E-state index contributed by atoms with van der Waals surface area (Å²) in [6.45, 7) is 32.1. The first-order chi connectivity index (χ1) is 25.3. The molecule has 2 aliphatic heterocycles. The number of carbonyl (C=O) groups excluding carboxylic acids is 3. The van der Waals surface area contributed by atoms with Crippen molar-refractivity contribution in [1.29, 1.82) is 0 Å². The maximum atomic E-state index is 13.5. The molecule has 2 saturated heterocycles. The smallest absolute Gasteiger partial charge is 0.306 e. The standard InChI is InChI=1S/C10H9F4NO4S.C7H14N2O3S.C6H12N2O.6C2H6.2Ar/c1-3-15-10(16)4-5(11)7(13)9(8(14)6(4)12)19-20(2,17)18;1-3-9-5-4-6(7(9)10)8-13(2,11)12;1-2-8-4-3-5(7)6(8)9;6*1-2;;/h3H2,1-2H3,(H,15,16);6,8H,3-5H2,1-2H3;5H,2-4,7H2,1H3;6*1-2H3;;/t;;5-;;;;;;;;/m..0......../s1. The molecule has 1 aromatic rings. The van der Waals surface area contributed by atoms with E-state index in [1.807, 2.05) is 102 Å². The molecule has 1 unspecified atom stereocenters. The summed E-state index contributed by atoms with van der Waals surface area (Å²) in [4.78, 5) is 37.1. The van der Waals surface area contributed by atoms with Gasteiger partial charge >= 0.3 is 10.1 Å². The van der Waals surface area contributed by atoms with Crippen molar-refractivity contribution in [3.05, 3.63) is 28.8 Å². The van der Waals surface area contributed by atoms with Gasteiger partial charge in [-0.15, -0.1) is 0 Å². The molecule has 2 aliphatic rings. The molecular formula is C35H71Ar2F4N5O8S2. The molecule has 56 heavy (non-hydrogen) atoms. The Morgan fingerprint density at radius 1 is 0.696 bits per heavy atom. The zero-order valence-corrected chi connectivity index (χ0v) is 39.4. The molecule has 0 saturated carbocycles. The van der Waals surface area contributed by atoms with Crippen LogP contribution in [0.2, 0.25) is 0 Å². The van der Waals surface area contributed by atoms with E-state index in [2.05, 4.69) is 8.91 Å². The molecule has 1 aromatic carbocycles. The number of hydrogen-bond donors (Lipinski definition) is 3. The van der Waals surface area contributed by atoms with Crippen molar-refractivity contribution in [1.82, 2.24) is 19.8 Å². The van der Waals surface area contributed by atoms with Crippen molar-refractivity contribution >= 4 is 37.9 Å². The first-order valence-corrected chi connectivity index (χ1v) is 22.3. The number of likely N-dealkylation sites (tertiary alicyclic amines) is 2. The Balaban J connectivity index is -0.0000000928. The normalized spacial score (nSPS) is 14.7. The van der Waals surface area contributed by atoms with Gasteiger partial charge in [-0.1, -0.05) is 83.1 Å². The van der Waals surface area contributed by atoms with Crippen LogP contribution in [-0.2, 0) is 29.7 Å². The van der Waals surface area contributed by atoms with Gasteiger partial charge in [0.05, 0.1) is 18.6 Å². The predicted octanol–water partition coefficient (Wildman–Crippen LogP) is 6.21. The molecule has 3 rings (SSSR count). The Kier molecular flexibility index (Phi) is 55.6. The summed E-state index contributed by atoms with van der Waals surface area (Å²) in [5.41, 5.74) is 3.96. The van der Waals surface area contributed by atoms with Crippen molar-refractivity contribution in [3.8, 4) is 5.75 Å². The first-order valence-electron chi connectivity index (χ1n) is 18.6. The summed E-state index contributed by atoms with van der Waals surface area (Å²) in [6, 6.07) is -0.764. The number of benzene rings is 1. The van der Waals surface area contributed by atoms with Crippen molar-refractivity contribution in [2.75, 3.05) is 45.2 Å². The monoisotopic (exact) mass is 909 g/mol. The summed E-state index contributed by atoms with van der Waals surface area (Å²) >= 11 is 0. The molecule has 3 amide bonds. The van der Waals surface area contributed by atoms with Crippen LogP contribution in [0.15, 0.2) is 0 Å². The fourth-order valence-corrected chi connectivity index (χ4v) is 4.97. The van der Waals surface area contributed by atoms with E-state index in [0.29, 0.717) is 25.8 Å². The van der Waals surface area contributed by atoms with Gasteiger partial charge in [0.2, 0.25) is 39.2 Å². The second-order valence-electron chi connectivity index (χ2n) is 9.07. The molecule has 4 N–H and O–H groups in total. The van der Waals surface area contributed by atoms with Crippen molar-refractivity contribution in [3.63, 3.8) is 0 Å². The zero-order valence-electron chi connectivity index (χ0n) is 36.4. The molecule has 21 heteroatoms. The number of hydrogen-bond acceptors (Lipinski definition) is 9. The predicted molar refractivity (Wildman–Crippen MR) is 211 cm³/mol. The molecule has 0 aliphatic carbocycles. The van der Waals surface area contributed by atoms with Gasteiger partial charge in [0.15, 0.2) is 11.6 Å². The van der Waals surface area contributed by atoms with Gasteiger partial charge in [-0.3, -0.25) is 14.4 Å². The molecule has 0 radical (unpaired) electrons. The third-order valence-corrected chi connectivity index (χ3v) is 6.96. The molecule has 340 valence electrons. The Morgan fingerprint density at radius 2 is 1.05 bits per heavy atom. The molecule has 2 fully saturated rings. The minimum Gasteiger partial charge on any atom is -0.376 e. The topological polar surface area (TPSA) is 185 Å². The minimum atomic E-state index is -4.41. The van der Waals surface area contributed by atoms with Gasteiger partial charge in [-0.2, -0.15) is 17.2 Å². The number of carbonyl (C=O) groups is 3. The van der Waals surface area contributed by atoms with E-state index >= 15 is 0 Å². The number of likely N-dealkylation sites (N-methyl/N-ethyl adjacent to an activating group) is 2. The Hall–Kier alpha value is -0.511. The van der Waals surface area contributed by atoms with E-state index in [1.165, 1.54) is 6.92 Å². The molecule has 2 atom stereocenters. The van der Waals surface area contributed by atoms with E-state index in [1.54, 1.807) is 9.80 Å². The number of nitrogens with zero attached hydrogens (tertiary/aromatic N) is 2. The van der Waals surface area contributed by atoms with Gasteiger partial charge < -0.3 is 25.0 Å². The van der Waals surface area contributed by atoms with Crippen molar-refractivity contribution < 1.29 is 128 Å². The summed E-state index contributed by atoms with van der Waals surface area (Å²) in [5, 5.41) is 1.95. The first kappa shape index (κ1) is 73.1. The number of halogens is 4. The fourth-order valence-electron chi connectivity index (χ4n) is 3.78. The van der Waals surface area contributed by atoms with E-state index in [4.69, 9.17) is 5.73 Å². The van der Waals surface area contributed by atoms with Crippen LogP contribution in [0.25, 0.3) is 0 Å². The Morgan fingerprint density at radius 3 is 1.30 bits per heavy atom. The van der Waals surface area contributed by atoms with Gasteiger partial charge in [0, 0.05) is 108 Å². The van der Waals surface area contributed by atoms with Crippen LogP contribution < -0.4 is 20.0 Å². The van der Waals surface area contributed by atoms with Gasteiger partial charge in [-0.25, -0.2) is 21.9 Å². The zero-order chi connectivity index (χ0) is 44.6. The van der Waals surface area contributed by atoms with Crippen LogP contribution in [0.5, 0.6) is 5.75 Å². The quantitative estimate of drug-likeness (QED) is 0.155. The second-order valence-corrected chi connectivity index (χ2v) is 12.4. The average molecular weight is 910 g/mol. The number of sulfonamides is 1. The summed E-state index contributed by atoms with van der Waals surface area (Å²) in [6.07, 6.45) is 2.89. The van der Waals surface area contributed by atoms with Gasteiger partial charge in [0.25, 0.3) is 5.91 Å². The van der Waals surface area contributed by atoms with Gasteiger partial charge in [-0.05, 0) is 33.6 Å². The maximum Gasteiger partial charge on any atom is 0.306 e. The Labute approximate surface area is 396 Å². The summed E-state index contributed by atoms with van der Waals surface area (Å²) in [5.74, 6) is -11.5. The third kappa shape index (κ3) is 29.7. The molecule has 0 bridgehead atoms. The average Bonchev–Trinajstić information content (AvgIpc) is 3.68. The second kappa shape index (κ2) is 42.6. The van der Waals surface area contributed by atoms with E-state index < -0.39 is 66.7 Å². The summed E-state index contributed by atoms with van der Waals surface area (Å²) in [7, 11) is -7.68. The van der Waals surface area contributed by atoms with Gasteiger partial charge in [0.1, 0.15) is 11.6 Å². The van der Waals surface area contributed by atoms with Crippen LogP contribution in [0.4, 0.5) is 17.6 Å². The van der Waals surface area contributed by atoms with Crippen LogP contribution in [0, 0.1) is 98.7 Å². The molecular weight excluding hydrogens is 838 g/mol. The number of nitrogens with two attached hydrogens (primary N) is 1. The third-order valence-electron chi connectivity index (χ3n) is 5.78. The van der Waals surface area contributed by atoms with Crippen LogP contribution >= 0.6 is 0 Å². The van der Waals surface area contributed by atoms with Crippen LogP contribution in [0.1, 0.15) is 127 Å². The largest absolute Gasteiger partial charge is 0.376 e. The Bertz CT molecular complexity index is 1370. The number of rotatable bonds is 8. The summed E-state index contributed by atoms with van der Waals surface area (Å²) < 4.78 is 103. The van der Waals surface area contributed by atoms with E-state index in [9.17, 15) is 48.8 Å². The SMILES string of the molecule is CC.CC.CC.CC.CC.CC.CCN1CCC(NS(C)(=O)=O)C1=O.CCN1CC[C@H](N)C1=O.CCNC(=O)c1c(F)c(F)c(OS(C)(=O)=O)c(F)c1F.[Ar].[Ar]. The molecule has 13 nitrogen and oxygen atoms in total. The van der Waals surface area contributed by atoms with Crippen LogP contribution in [-0.4, -0.2) is 102 Å². The van der Waals surface area contributed by atoms with E-state index in [0.717, 1.165) is 25.8 Å². The van der Waals surface area contributed by atoms with E-state index in [-0.39, 0.29) is 99.9 Å².